The van der Waals surface area contributed by atoms with E-state index in [1.54, 1.807) is 55.6 Å². The third kappa shape index (κ3) is 5.70. The minimum atomic E-state index is -1.29. The van der Waals surface area contributed by atoms with Crippen LogP contribution >= 0.6 is 11.6 Å². The summed E-state index contributed by atoms with van der Waals surface area (Å²) in [4.78, 5) is 29.0. The number of carbonyl (C=O) groups excluding carboxylic acids is 2. The molecule has 1 atom stereocenters. The van der Waals surface area contributed by atoms with Gasteiger partial charge < -0.3 is 23.9 Å². The van der Waals surface area contributed by atoms with Crippen molar-refractivity contribution in [3.05, 3.63) is 88.2 Å². The number of ether oxygens (including phenoxy) is 2. The zero-order valence-corrected chi connectivity index (χ0v) is 22.6. The van der Waals surface area contributed by atoms with E-state index in [0.717, 1.165) is 16.8 Å². The molecule has 2 heterocycles. The number of benzene rings is 2. The first-order valence-electron chi connectivity index (χ1n) is 10.6. The first-order valence-corrected chi connectivity index (χ1v) is 11.0. The summed E-state index contributed by atoms with van der Waals surface area (Å²) < 4.78 is 12.6. The molecule has 4 aromatic rings. The van der Waals surface area contributed by atoms with Crippen LogP contribution in [-0.2, 0) is 11.3 Å². The number of rotatable bonds is 8. The molecule has 0 saturated heterocycles. The number of aromatic nitrogens is 2. The molecular formula is C26H22ClN2NaO5. The summed E-state index contributed by atoms with van der Waals surface area (Å²) in [6.45, 7) is 3.70. The van der Waals surface area contributed by atoms with E-state index in [0.29, 0.717) is 39.8 Å². The predicted molar refractivity (Wildman–Crippen MR) is 127 cm³/mol. The molecule has 0 radical (unpaired) electrons. The molecule has 0 bridgehead atoms. The van der Waals surface area contributed by atoms with E-state index < -0.39 is 12.1 Å². The number of carboxylic acids is 1. The molecule has 0 saturated carbocycles. The topological polar surface area (TPSA) is 93.5 Å². The van der Waals surface area contributed by atoms with E-state index >= 15 is 0 Å². The van der Waals surface area contributed by atoms with Crippen LogP contribution in [0.2, 0.25) is 5.15 Å². The number of hydrogen-bond acceptors (Lipinski definition) is 6. The molecule has 0 aliphatic rings. The SMILES string of the molecule is COc1ccc(C(=O)c2c(C)n(Cc3cccc(O[C@@H](C)C(=O)[O-])c3)c3ccc(Cl)nc23)cc1.[Na+]. The van der Waals surface area contributed by atoms with Gasteiger partial charge in [-0.1, -0.05) is 23.7 Å². The molecule has 2 aromatic heterocycles. The van der Waals surface area contributed by atoms with Gasteiger partial charge in [-0.3, -0.25) is 4.79 Å². The second-order valence-electron chi connectivity index (χ2n) is 7.83. The Labute approximate surface area is 229 Å². The van der Waals surface area contributed by atoms with Crippen molar-refractivity contribution in [2.75, 3.05) is 7.11 Å². The number of pyridine rings is 1. The molecule has 0 N–H and O–H groups in total. The number of ketones is 1. The first-order chi connectivity index (χ1) is 16.3. The van der Waals surface area contributed by atoms with E-state index in [4.69, 9.17) is 21.1 Å². The van der Waals surface area contributed by atoms with Crippen molar-refractivity contribution in [3.8, 4) is 11.5 Å². The monoisotopic (exact) mass is 500 g/mol. The van der Waals surface area contributed by atoms with Crippen LogP contribution in [-0.4, -0.2) is 34.5 Å². The molecule has 2 aromatic carbocycles. The smallest absolute Gasteiger partial charge is 0.546 e. The molecule has 4 rings (SSSR count). The minimum absolute atomic E-state index is 0. The van der Waals surface area contributed by atoms with Gasteiger partial charge in [0.05, 0.1) is 24.2 Å². The maximum Gasteiger partial charge on any atom is 1.00 e. The van der Waals surface area contributed by atoms with Gasteiger partial charge in [0.2, 0.25) is 0 Å². The Kier molecular flexibility index (Phi) is 8.61. The Morgan fingerprint density at radius 3 is 2.46 bits per heavy atom. The fourth-order valence-electron chi connectivity index (χ4n) is 3.83. The summed E-state index contributed by atoms with van der Waals surface area (Å²) in [7, 11) is 1.57. The van der Waals surface area contributed by atoms with Crippen molar-refractivity contribution < 1.29 is 53.7 Å². The van der Waals surface area contributed by atoms with Crippen LogP contribution < -0.4 is 44.1 Å². The fourth-order valence-corrected chi connectivity index (χ4v) is 3.98. The summed E-state index contributed by atoms with van der Waals surface area (Å²) in [5.74, 6) is -0.383. The maximum absolute atomic E-state index is 13.5. The minimum Gasteiger partial charge on any atom is -0.546 e. The zero-order valence-electron chi connectivity index (χ0n) is 19.9. The Morgan fingerprint density at radius 1 is 1.09 bits per heavy atom. The quantitative estimate of drug-likeness (QED) is 0.202. The fraction of sp³-hybridized carbons (Fsp3) is 0.192. The van der Waals surface area contributed by atoms with Gasteiger partial charge in [-0.2, -0.15) is 0 Å². The van der Waals surface area contributed by atoms with Crippen molar-refractivity contribution in [2.45, 2.75) is 26.5 Å². The van der Waals surface area contributed by atoms with E-state index in [1.807, 2.05) is 23.6 Å². The largest absolute Gasteiger partial charge is 1.00 e. The van der Waals surface area contributed by atoms with Crippen molar-refractivity contribution in [1.29, 1.82) is 0 Å². The second-order valence-corrected chi connectivity index (χ2v) is 8.22. The van der Waals surface area contributed by atoms with Gasteiger partial charge in [0, 0.05) is 17.8 Å². The van der Waals surface area contributed by atoms with Crippen LogP contribution in [0.1, 0.15) is 34.1 Å². The zero-order chi connectivity index (χ0) is 24.4. The van der Waals surface area contributed by atoms with Gasteiger partial charge in [0.1, 0.15) is 28.3 Å². The summed E-state index contributed by atoms with van der Waals surface area (Å²) in [5, 5.41) is 11.3. The van der Waals surface area contributed by atoms with Crippen LogP contribution in [0.5, 0.6) is 11.5 Å². The van der Waals surface area contributed by atoms with E-state index in [-0.39, 0.29) is 35.3 Å². The molecule has 0 fully saturated rings. The van der Waals surface area contributed by atoms with Crippen LogP contribution in [0.15, 0.2) is 60.7 Å². The van der Waals surface area contributed by atoms with Gasteiger partial charge >= 0.3 is 29.6 Å². The van der Waals surface area contributed by atoms with Crippen LogP contribution in [0.4, 0.5) is 0 Å². The Balaban J connectivity index is 0.00000342. The van der Waals surface area contributed by atoms with E-state index in [9.17, 15) is 14.7 Å². The number of hydrogen-bond donors (Lipinski definition) is 0. The van der Waals surface area contributed by atoms with Crippen LogP contribution in [0.3, 0.4) is 0 Å². The number of aliphatic carboxylic acids is 1. The van der Waals surface area contributed by atoms with E-state index in [2.05, 4.69) is 4.98 Å². The first kappa shape index (κ1) is 26.8. The molecule has 0 aliphatic heterocycles. The number of halogens is 1. The third-order valence-electron chi connectivity index (χ3n) is 5.60. The van der Waals surface area contributed by atoms with Crippen LogP contribution in [0, 0.1) is 6.92 Å². The molecule has 0 unspecified atom stereocenters. The van der Waals surface area contributed by atoms with E-state index in [1.165, 1.54) is 6.92 Å². The number of carboxylic acid groups (broad SMARTS) is 1. The molecular weight excluding hydrogens is 479 g/mol. The van der Waals surface area contributed by atoms with Gasteiger partial charge in [-0.05, 0) is 67.9 Å². The molecule has 174 valence electrons. The standard InChI is InChI=1S/C26H23ClN2O5.Na/c1-15-23(25(30)18-7-9-19(33-3)10-8-18)24-21(11-12-22(27)28-24)29(15)14-17-5-4-6-20(13-17)34-16(2)26(31)32;/h4-13,16H,14H2,1-3H3,(H,31,32);/q;+1/p-1/t16-;/m0./s1. The Bertz CT molecular complexity index is 1380. The van der Waals surface area contributed by atoms with Crippen LogP contribution in [0.25, 0.3) is 11.0 Å². The number of nitrogens with zero attached hydrogens (tertiary/aromatic N) is 2. The van der Waals surface area contributed by atoms with Gasteiger partial charge in [0.25, 0.3) is 0 Å². The van der Waals surface area contributed by atoms with Crippen molar-refractivity contribution in [3.63, 3.8) is 0 Å². The molecule has 9 heteroatoms. The molecule has 7 nitrogen and oxygen atoms in total. The Hall–Kier alpha value is -2.84. The summed E-state index contributed by atoms with van der Waals surface area (Å²) in [5.41, 5.74) is 3.86. The number of fused-ring (bicyclic) bond motifs is 1. The molecule has 0 aliphatic carbocycles. The predicted octanol–water partition coefficient (Wildman–Crippen LogP) is 0.807. The summed E-state index contributed by atoms with van der Waals surface area (Å²) >= 11 is 6.18. The van der Waals surface area contributed by atoms with Crippen molar-refractivity contribution in [1.82, 2.24) is 9.55 Å². The third-order valence-corrected chi connectivity index (χ3v) is 5.81. The van der Waals surface area contributed by atoms with Gasteiger partial charge in [0.15, 0.2) is 5.78 Å². The molecule has 35 heavy (non-hydrogen) atoms. The Morgan fingerprint density at radius 2 is 1.80 bits per heavy atom. The summed E-state index contributed by atoms with van der Waals surface area (Å²) in [6.07, 6.45) is -1.08. The average molecular weight is 501 g/mol. The molecule has 0 amide bonds. The average Bonchev–Trinajstić information content (AvgIpc) is 3.09. The van der Waals surface area contributed by atoms with Crippen molar-refractivity contribution >= 4 is 34.4 Å². The van der Waals surface area contributed by atoms with Gasteiger partial charge in [-0.15, -0.1) is 0 Å². The number of methoxy groups -OCH3 is 1. The second kappa shape index (κ2) is 11.3. The summed E-state index contributed by atoms with van der Waals surface area (Å²) in [6, 6.07) is 17.6. The van der Waals surface area contributed by atoms with Gasteiger partial charge in [-0.25, -0.2) is 4.98 Å². The van der Waals surface area contributed by atoms with Crippen molar-refractivity contribution in [2.24, 2.45) is 0 Å². The normalized spacial score (nSPS) is 11.5. The molecule has 0 spiro atoms. The maximum atomic E-state index is 13.5. The number of carbonyl (C=O) groups is 2.